The molecule has 8 saturated carbocycles. The topological polar surface area (TPSA) is 26.3 Å². The Morgan fingerprint density at radius 2 is 1.55 bits per heavy atom. The summed E-state index contributed by atoms with van der Waals surface area (Å²) in [7, 11) is 0. The molecule has 0 aliphatic heterocycles. The van der Waals surface area contributed by atoms with E-state index in [-0.39, 0.29) is 17.0 Å². The maximum absolute atomic E-state index is 13.3. The number of rotatable bonds is 2. The zero-order valence-corrected chi connectivity index (χ0v) is 13.9. The van der Waals surface area contributed by atoms with Crippen molar-refractivity contribution in [1.82, 2.24) is 0 Å². The standard InChI is InChI=1S/C20H28O2/c1-10-15-6-16-17(10)20(16,11(15)2)18(21)22-19-7-12-3-13(8-19)5-14(4-12)9-19/h10-17H,3-9H2,1-2H3. The molecule has 22 heavy (non-hydrogen) atoms. The predicted molar refractivity (Wildman–Crippen MR) is 82.8 cm³/mol. The molecule has 0 heterocycles. The van der Waals surface area contributed by atoms with Crippen LogP contribution in [0.15, 0.2) is 0 Å². The molecule has 8 rings (SSSR count). The summed E-state index contributed by atoms with van der Waals surface area (Å²) in [6.45, 7) is 4.73. The van der Waals surface area contributed by atoms with Gasteiger partial charge in [0.1, 0.15) is 5.60 Å². The van der Waals surface area contributed by atoms with Crippen LogP contribution in [-0.2, 0) is 9.53 Å². The van der Waals surface area contributed by atoms with E-state index in [0.29, 0.717) is 17.8 Å². The molecule has 0 aromatic rings. The molecule has 6 atom stereocenters. The van der Waals surface area contributed by atoms with Gasteiger partial charge in [0.2, 0.25) is 0 Å². The number of carbonyl (C=O) groups is 1. The van der Waals surface area contributed by atoms with Crippen LogP contribution in [0.3, 0.4) is 0 Å². The summed E-state index contributed by atoms with van der Waals surface area (Å²) in [5, 5.41) is 0. The average Bonchev–Trinajstić information content (AvgIpc) is 2.73. The largest absolute Gasteiger partial charge is 0.459 e. The van der Waals surface area contributed by atoms with Crippen LogP contribution in [0.25, 0.3) is 0 Å². The van der Waals surface area contributed by atoms with Crippen molar-refractivity contribution >= 4 is 5.97 Å². The van der Waals surface area contributed by atoms with Gasteiger partial charge in [0.25, 0.3) is 0 Å². The minimum Gasteiger partial charge on any atom is -0.459 e. The molecule has 8 aliphatic carbocycles. The summed E-state index contributed by atoms with van der Waals surface area (Å²) >= 11 is 0. The summed E-state index contributed by atoms with van der Waals surface area (Å²) in [4.78, 5) is 13.3. The zero-order valence-electron chi connectivity index (χ0n) is 13.9. The van der Waals surface area contributed by atoms with Crippen molar-refractivity contribution in [2.75, 3.05) is 0 Å². The van der Waals surface area contributed by atoms with E-state index >= 15 is 0 Å². The Bertz CT molecular complexity index is 527. The van der Waals surface area contributed by atoms with Crippen molar-refractivity contribution in [1.29, 1.82) is 0 Å². The third-order valence-electron chi connectivity index (χ3n) is 9.30. The van der Waals surface area contributed by atoms with Gasteiger partial charge in [-0.3, -0.25) is 4.79 Å². The number of ether oxygens (including phenoxy) is 1. The Balaban J connectivity index is 1.29. The molecule has 0 amide bonds. The third-order valence-corrected chi connectivity index (χ3v) is 9.30. The molecule has 2 nitrogen and oxygen atoms in total. The van der Waals surface area contributed by atoms with Gasteiger partial charge >= 0.3 is 5.97 Å². The number of hydrogen-bond acceptors (Lipinski definition) is 2. The summed E-state index contributed by atoms with van der Waals surface area (Å²) in [5.41, 5.74) is -0.0723. The van der Waals surface area contributed by atoms with Gasteiger partial charge in [-0.25, -0.2) is 0 Å². The van der Waals surface area contributed by atoms with Gasteiger partial charge in [-0.1, -0.05) is 13.8 Å². The molecule has 120 valence electrons. The van der Waals surface area contributed by atoms with Gasteiger partial charge in [0.05, 0.1) is 5.41 Å². The van der Waals surface area contributed by atoms with Gasteiger partial charge < -0.3 is 4.74 Å². The highest BCUT2D eigenvalue weighted by molar-refractivity contribution is 5.84. The second kappa shape index (κ2) is 3.59. The molecule has 0 N–H and O–H groups in total. The van der Waals surface area contributed by atoms with Crippen molar-refractivity contribution in [3.8, 4) is 0 Å². The minimum atomic E-state index is -0.0380. The van der Waals surface area contributed by atoms with Crippen LogP contribution in [0.4, 0.5) is 0 Å². The van der Waals surface area contributed by atoms with Gasteiger partial charge in [0, 0.05) is 0 Å². The van der Waals surface area contributed by atoms with E-state index < -0.39 is 0 Å². The predicted octanol–water partition coefficient (Wildman–Crippen LogP) is 4.04. The number of carbonyl (C=O) groups excluding carboxylic acids is 1. The molecule has 8 aliphatic rings. The highest BCUT2D eigenvalue weighted by Gasteiger charge is 2.85. The Morgan fingerprint density at radius 3 is 1.95 bits per heavy atom. The Labute approximate surface area is 133 Å². The lowest BCUT2D eigenvalue weighted by molar-refractivity contribution is -0.194. The second-order valence-electron chi connectivity index (χ2n) is 10.1. The molecule has 6 unspecified atom stereocenters. The van der Waals surface area contributed by atoms with E-state index in [1.807, 2.05) is 0 Å². The fourth-order valence-electron chi connectivity index (χ4n) is 9.00. The van der Waals surface area contributed by atoms with Crippen LogP contribution >= 0.6 is 0 Å². The Kier molecular flexibility index (Phi) is 2.10. The third kappa shape index (κ3) is 1.23. The first kappa shape index (κ1) is 12.8. The van der Waals surface area contributed by atoms with Crippen LogP contribution in [-0.4, -0.2) is 11.6 Å². The zero-order chi connectivity index (χ0) is 14.9. The average molecular weight is 300 g/mol. The highest BCUT2D eigenvalue weighted by Crippen LogP contribution is 2.84. The van der Waals surface area contributed by atoms with E-state index in [1.54, 1.807) is 0 Å². The molecule has 2 heteroatoms. The lowest BCUT2D eigenvalue weighted by Gasteiger charge is -2.56. The first-order valence-corrected chi connectivity index (χ1v) is 9.77. The van der Waals surface area contributed by atoms with E-state index in [2.05, 4.69) is 13.8 Å². The first-order valence-electron chi connectivity index (χ1n) is 9.77. The van der Waals surface area contributed by atoms with Crippen molar-refractivity contribution in [2.45, 2.75) is 64.4 Å². The summed E-state index contributed by atoms with van der Waals surface area (Å²) < 4.78 is 6.46. The van der Waals surface area contributed by atoms with E-state index in [1.165, 1.54) is 44.9 Å². The highest BCUT2D eigenvalue weighted by atomic mass is 16.6. The SMILES string of the molecule is CC1C2CC3C1C3(C(=O)OC13CC4CC(CC(C4)C1)C3)C2C. The fourth-order valence-corrected chi connectivity index (χ4v) is 9.00. The normalized spacial score (nSPS) is 65.9. The van der Waals surface area contributed by atoms with Gasteiger partial charge in [-0.05, 0) is 92.3 Å². The molecular formula is C20H28O2. The van der Waals surface area contributed by atoms with Crippen LogP contribution in [0.1, 0.15) is 58.8 Å². The number of hydrogen-bond donors (Lipinski definition) is 0. The Hall–Kier alpha value is -0.530. The van der Waals surface area contributed by atoms with Crippen LogP contribution in [0, 0.1) is 52.8 Å². The monoisotopic (exact) mass is 300 g/mol. The molecular weight excluding hydrogens is 272 g/mol. The van der Waals surface area contributed by atoms with Crippen molar-refractivity contribution in [2.24, 2.45) is 52.8 Å². The lowest BCUT2D eigenvalue weighted by Crippen LogP contribution is -2.53. The molecule has 0 spiro atoms. The van der Waals surface area contributed by atoms with Gasteiger partial charge in [-0.2, -0.15) is 0 Å². The first-order chi connectivity index (χ1) is 10.5. The smallest absolute Gasteiger partial charge is 0.313 e. The minimum absolute atomic E-state index is 0.0343. The van der Waals surface area contributed by atoms with E-state index in [9.17, 15) is 4.79 Å². The quantitative estimate of drug-likeness (QED) is 0.720. The maximum atomic E-state index is 13.3. The molecule has 0 aromatic carbocycles. The van der Waals surface area contributed by atoms with E-state index in [0.717, 1.165) is 29.6 Å². The van der Waals surface area contributed by atoms with E-state index in [4.69, 9.17) is 4.74 Å². The van der Waals surface area contributed by atoms with Crippen molar-refractivity contribution in [3.05, 3.63) is 0 Å². The Morgan fingerprint density at radius 1 is 0.955 bits per heavy atom. The van der Waals surface area contributed by atoms with Crippen molar-refractivity contribution < 1.29 is 9.53 Å². The molecule has 0 aromatic heterocycles. The molecule has 0 radical (unpaired) electrons. The van der Waals surface area contributed by atoms with Crippen LogP contribution in [0.5, 0.6) is 0 Å². The maximum Gasteiger partial charge on any atom is 0.313 e. The van der Waals surface area contributed by atoms with Gasteiger partial charge in [0.15, 0.2) is 0 Å². The molecule has 8 fully saturated rings. The number of esters is 1. The summed E-state index contributed by atoms with van der Waals surface area (Å²) in [6, 6.07) is 0. The van der Waals surface area contributed by atoms with Crippen LogP contribution in [0.2, 0.25) is 0 Å². The fraction of sp³-hybridized carbons (Fsp3) is 0.950. The van der Waals surface area contributed by atoms with Crippen LogP contribution < -0.4 is 0 Å². The summed E-state index contributed by atoms with van der Waals surface area (Å²) in [5.74, 6) is 6.34. The second-order valence-corrected chi connectivity index (χ2v) is 10.1. The van der Waals surface area contributed by atoms with Crippen molar-refractivity contribution in [3.63, 3.8) is 0 Å². The van der Waals surface area contributed by atoms with Gasteiger partial charge in [-0.15, -0.1) is 0 Å². The molecule has 8 bridgehead atoms. The lowest BCUT2D eigenvalue weighted by atomic mass is 9.54. The summed E-state index contributed by atoms with van der Waals surface area (Å²) in [6.07, 6.45) is 9.12. The molecule has 0 saturated heterocycles.